The molecule has 0 radical (unpaired) electrons. The number of nitrogens with two attached hydrogens (primary N) is 1. The average molecular weight is 262 g/mol. The highest BCUT2D eigenvalue weighted by Gasteiger charge is 2.08. The van der Waals surface area contributed by atoms with Gasteiger partial charge in [-0.3, -0.25) is 4.79 Å². The van der Waals surface area contributed by atoms with E-state index in [9.17, 15) is 4.79 Å². The number of amides is 1. The lowest BCUT2D eigenvalue weighted by Gasteiger charge is -2.10. The largest absolute Gasteiger partial charge is 0.496 e. The van der Waals surface area contributed by atoms with E-state index in [2.05, 4.69) is 5.32 Å². The lowest BCUT2D eigenvalue weighted by atomic mass is 10.1. The molecule has 2 rings (SSSR count). The molecule has 0 saturated carbocycles. The maximum Gasteiger partial charge on any atom is 0.261 e. The predicted molar refractivity (Wildman–Crippen MR) is 72.9 cm³/mol. The van der Waals surface area contributed by atoms with Crippen LogP contribution in [0.15, 0.2) is 35.7 Å². The van der Waals surface area contributed by atoms with Crippen molar-refractivity contribution < 1.29 is 9.53 Å². The Kier molecular flexibility index (Phi) is 3.84. The SMILES string of the molecule is COc1ccc(N)cc1CNC(=O)c1cccs1. The molecule has 1 aromatic heterocycles. The van der Waals surface area contributed by atoms with Crippen molar-refractivity contribution in [2.75, 3.05) is 12.8 Å². The highest BCUT2D eigenvalue weighted by atomic mass is 32.1. The van der Waals surface area contributed by atoms with Crippen molar-refractivity contribution in [3.8, 4) is 5.75 Å². The standard InChI is InChI=1S/C13H14N2O2S/c1-17-11-5-4-10(14)7-9(11)8-15-13(16)12-3-2-6-18-12/h2-7H,8,14H2,1H3,(H,15,16). The first kappa shape index (κ1) is 12.4. The Balaban J connectivity index is 2.06. The van der Waals surface area contributed by atoms with Gasteiger partial charge >= 0.3 is 0 Å². The van der Waals surface area contributed by atoms with Gasteiger partial charge in [-0.05, 0) is 29.6 Å². The Morgan fingerprint density at radius 1 is 1.44 bits per heavy atom. The molecule has 1 aromatic carbocycles. The zero-order chi connectivity index (χ0) is 13.0. The number of rotatable bonds is 4. The van der Waals surface area contributed by atoms with E-state index in [0.717, 1.165) is 11.3 Å². The van der Waals surface area contributed by atoms with Crippen molar-refractivity contribution in [3.05, 3.63) is 46.2 Å². The lowest BCUT2D eigenvalue weighted by molar-refractivity contribution is 0.0955. The lowest BCUT2D eigenvalue weighted by Crippen LogP contribution is -2.22. The van der Waals surface area contributed by atoms with Crippen molar-refractivity contribution in [3.63, 3.8) is 0 Å². The summed E-state index contributed by atoms with van der Waals surface area (Å²) < 4.78 is 5.22. The Morgan fingerprint density at radius 2 is 2.28 bits per heavy atom. The van der Waals surface area contributed by atoms with Crippen molar-refractivity contribution in [1.82, 2.24) is 5.32 Å². The molecule has 0 unspecified atom stereocenters. The first-order chi connectivity index (χ1) is 8.70. The second-order valence-corrected chi connectivity index (χ2v) is 4.68. The van der Waals surface area contributed by atoms with Crippen LogP contribution in [-0.2, 0) is 6.54 Å². The van der Waals surface area contributed by atoms with Crippen LogP contribution in [0.2, 0.25) is 0 Å². The number of methoxy groups -OCH3 is 1. The van der Waals surface area contributed by atoms with E-state index in [1.54, 1.807) is 31.4 Å². The quantitative estimate of drug-likeness (QED) is 0.831. The highest BCUT2D eigenvalue weighted by Crippen LogP contribution is 2.21. The van der Waals surface area contributed by atoms with E-state index >= 15 is 0 Å². The predicted octanol–water partition coefficient (Wildman–Crippen LogP) is 2.27. The minimum Gasteiger partial charge on any atom is -0.496 e. The molecule has 0 atom stereocenters. The molecular weight excluding hydrogens is 248 g/mol. The van der Waals surface area contributed by atoms with Crippen LogP contribution in [0, 0.1) is 0 Å². The van der Waals surface area contributed by atoms with Crippen LogP contribution >= 0.6 is 11.3 Å². The van der Waals surface area contributed by atoms with Crippen molar-refractivity contribution in [2.24, 2.45) is 0 Å². The summed E-state index contributed by atoms with van der Waals surface area (Å²) in [5.74, 6) is 0.630. The van der Waals surface area contributed by atoms with Gasteiger partial charge in [-0.25, -0.2) is 0 Å². The zero-order valence-electron chi connectivity index (χ0n) is 9.97. The molecule has 94 valence electrons. The summed E-state index contributed by atoms with van der Waals surface area (Å²) >= 11 is 1.41. The number of carbonyl (C=O) groups is 1. The molecule has 4 nitrogen and oxygen atoms in total. The molecule has 0 saturated heterocycles. The van der Waals surface area contributed by atoms with Gasteiger partial charge in [-0.1, -0.05) is 6.07 Å². The smallest absolute Gasteiger partial charge is 0.261 e. The van der Waals surface area contributed by atoms with E-state index < -0.39 is 0 Å². The number of thiophene rings is 1. The van der Waals surface area contributed by atoms with E-state index in [4.69, 9.17) is 10.5 Å². The van der Waals surface area contributed by atoms with Crippen LogP contribution in [0.5, 0.6) is 5.75 Å². The van der Waals surface area contributed by atoms with Gasteiger partial charge in [0.1, 0.15) is 5.75 Å². The summed E-state index contributed by atoms with van der Waals surface area (Å²) in [7, 11) is 1.59. The third-order valence-corrected chi connectivity index (χ3v) is 3.36. The minimum absolute atomic E-state index is 0.0884. The number of benzene rings is 1. The van der Waals surface area contributed by atoms with Gasteiger partial charge in [-0.2, -0.15) is 0 Å². The van der Waals surface area contributed by atoms with Crippen molar-refractivity contribution in [2.45, 2.75) is 6.54 Å². The second-order valence-electron chi connectivity index (χ2n) is 3.73. The third-order valence-electron chi connectivity index (χ3n) is 2.49. The number of nitrogen functional groups attached to an aromatic ring is 1. The summed E-state index contributed by atoms with van der Waals surface area (Å²) in [6.45, 7) is 0.394. The number of hydrogen-bond acceptors (Lipinski definition) is 4. The normalized spacial score (nSPS) is 10.1. The molecule has 0 bridgehead atoms. The molecule has 2 aromatic rings. The Bertz CT molecular complexity index is 538. The third kappa shape index (κ3) is 2.81. The van der Waals surface area contributed by atoms with E-state index in [0.29, 0.717) is 17.1 Å². The van der Waals surface area contributed by atoms with Crippen LogP contribution in [0.3, 0.4) is 0 Å². The number of ether oxygens (including phenoxy) is 1. The number of hydrogen-bond donors (Lipinski definition) is 2. The van der Waals surface area contributed by atoms with Crippen LogP contribution in [-0.4, -0.2) is 13.0 Å². The first-order valence-electron chi connectivity index (χ1n) is 5.45. The number of anilines is 1. The minimum atomic E-state index is -0.0884. The second kappa shape index (κ2) is 5.55. The number of carbonyl (C=O) groups excluding carboxylic acids is 1. The average Bonchev–Trinajstić information content (AvgIpc) is 2.90. The first-order valence-corrected chi connectivity index (χ1v) is 6.33. The van der Waals surface area contributed by atoms with Crippen molar-refractivity contribution >= 4 is 22.9 Å². The van der Waals surface area contributed by atoms with Gasteiger partial charge in [0.15, 0.2) is 0 Å². The van der Waals surface area contributed by atoms with Gasteiger partial charge < -0.3 is 15.8 Å². The zero-order valence-corrected chi connectivity index (χ0v) is 10.8. The molecule has 1 amide bonds. The Morgan fingerprint density at radius 3 is 2.94 bits per heavy atom. The monoisotopic (exact) mass is 262 g/mol. The van der Waals surface area contributed by atoms with Gasteiger partial charge in [0.25, 0.3) is 5.91 Å². The molecular formula is C13H14N2O2S. The van der Waals surface area contributed by atoms with E-state index in [1.165, 1.54) is 11.3 Å². The molecule has 18 heavy (non-hydrogen) atoms. The van der Waals surface area contributed by atoms with Crippen LogP contribution in [0.4, 0.5) is 5.69 Å². The van der Waals surface area contributed by atoms with Crippen LogP contribution in [0.1, 0.15) is 15.2 Å². The molecule has 0 spiro atoms. The van der Waals surface area contributed by atoms with Gasteiger partial charge in [0.2, 0.25) is 0 Å². The van der Waals surface area contributed by atoms with E-state index in [1.807, 2.05) is 11.4 Å². The van der Waals surface area contributed by atoms with Crippen LogP contribution in [0.25, 0.3) is 0 Å². The molecule has 5 heteroatoms. The number of nitrogens with one attached hydrogen (secondary N) is 1. The topological polar surface area (TPSA) is 64.3 Å². The Hall–Kier alpha value is -2.01. The fraction of sp³-hybridized carbons (Fsp3) is 0.154. The summed E-state index contributed by atoms with van der Waals surface area (Å²) in [4.78, 5) is 12.5. The van der Waals surface area contributed by atoms with Gasteiger partial charge in [0, 0.05) is 17.8 Å². The maximum atomic E-state index is 11.8. The summed E-state index contributed by atoms with van der Waals surface area (Å²) in [5.41, 5.74) is 7.23. The Labute approximate surface area is 109 Å². The molecule has 3 N–H and O–H groups in total. The van der Waals surface area contributed by atoms with Crippen LogP contribution < -0.4 is 15.8 Å². The fourth-order valence-corrected chi connectivity index (χ4v) is 2.25. The molecule has 1 heterocycles. The maximum absolute atomic E-state index is 11.8. The molecule has 0 fully saturated rings. The highest BCUT2D eigenvalue weighted by molar-refractivity contribution is 7.12. The van der Waals surface area contributed by atoms with E-state index in [-0.39, 0.29) is 5.91 Å². The molecule has 0 aliphatic heterocycles. The fourth-order valence-electron chi connectivity index (χ4n) is 1.61. The summed E-state index contributed by atoms with van der Waals surface area (Å²) in [5, 5.41) is 4.71. The summed E-state index contributed by atoms with van der Waals surface area (Å²) in [6, 6.07) is 9.00. The van der Waals surface area contributed by atoms with Gasteiger partial charge in [0.05, 0.1) is 12.0 Å². The molecule has 0 aliphatic carbocycles. The van der Waals surface area contributed by atoms with Gasteiger partial charge in [-0.15, -0.1) is 11.3 Å². The summed E-state index contributed by atoms with van der Waals surface area (Å²) in [6.07, 6.45) is 0. The van der Waals surface area contributed by atoms with Crippen molar-refractivity contribution in [1.29, 1.82) is 0 Å². The molecule has 0 aliphatic rings.